The molecule has 1 saturated heterocycles. The van der Waals surface area contributed by atoms with E-state index in [1.54, 1.807) is 0 Å². The number of aromatic amines is 1. The lowest BCUT2D eigenvalue weighted by Gasteiger charge is -2.26. The molecule has 0 bridgehead atoms. The van der Waals surface area contributed by atoms with E-state index < -0.39 is 0 Å². The van der Waals surface area contributed by atoms with Crippen molar-refractivity contribution in [2.75, 3.05) is 13.1 Å². The predicted octanol–water partition coefficient (Wildman–Crippen LogP) is 3.07. The molecule has 0 saturated carbocycles. The van der Waals surface area contributed by atoms with Crippen LogP contribution in [0.3, 0.4) is 0 Å². The monoisotopic (exact) mass is 360 g/mol. The molecule has 1 atom stereocenters. The molecular weight excluding hydrogens is 336 g/mol. The van der Waals surface area contributed by atoms with E-state index >= 15 is 0 Å². The molecule has 6 heteroatoms. The van der Waals surface area contributed by atoms with Crippen molar-refractivity contribution in [3.05, 3.63) is 51.8 Å². The number of aromatic nitrogens is 2. The van der Waals surface area contributed by atoms with Crippen molar-refractivity contribution in [3.8, 4) is 0 Å². The molecule has 2 aromatic rings. The van der Waals surface area contributed by atoms with Crippen molar-refractivity contribution in [1.82, 2.24) is 20.4 Å². The minimum atomic E-state index is 0. The molecule has 1 aromatic carbocycles. The van der Waals surface area contributed by atoms with Crippen LogP contribution in [-0.2, 0) is 13.0 Å². The fourth-order valence-corrected chi connectivity index (χ4v) is 3.99. The summed E-state index contributed by atoms with van der Waals surface area (Å²) in [6.45, 7) is 6.73. The van der Waals surface area contributed by atoms with Crippen LogP contribution in [0, 0.1) is 13.8 Å². The van der Waals surface area contributed by atoms with Gasteiger partial charge in [0.2, 0.25) is 0 Å². The highest BCUT2D eigenvalue weighted by atomic mass is 35.5. The van der Waals surface area contributed by atoms with E-state index in [4.69, 9.17) is 0 Å². The van der Waals surface area contributed by atoms with Crippen LogP contribution in [-0.4, -0.2) is 34.1 Å². The van der Waals surface area contributed by atoms with E-state index in [-0.39, 0.29) is 24.4 Å². The topological polar surface area (TPSA) is 61.0 Å². The van der Waals surface area contributed by atoms with Gasteiger partial charge >= 0.3 is 0 Å². The van der Waals surface area contributed by atoms with Crippen molar-refractivity contribution in [3.63, 3.8) is 0 Å². The molecule has 1 aromatic heterocycles. The smallest absolute Gasteiger partial charge is 0.275 e. The molecule has 2 aliphatic rings. The number of H-pyrrole nitrogens is 1. The number of hydrogen-bond acceptors (Lipinski definition) is 3. The summed E-state index contributed by atoms with van der Waals surface area (Å²) in [4.78, 5) is 15.2. The standard InChI is InChI=1S/C19H24N4O.ClH/c1-12-5-6-13(2)14(10-12)17-4-3-9-23(17)19(24)18-15-11-20-8-7-16(15)21-22-18;/h5-6,10,17,20H,3-4,7-9,11H2,1-2H3,(H,21,22);1H. The summed E-state index contributed by atoms with van der Waals surface area (Å²) in [7, 11) is 0. The van der Waals surface area contributed by atoms with Crippen LogP contribution in [0.4, 0.5) is 0 Å². The maximum absolute atomic E-state index is 13.2. The number of hydrogen-bond donors (Lipinski definition) is 2. The summed E-state index contributed by atoms with van der Waals surface area (Å²) >= 11 is 0. The summed E-state index contributed by atoms with van der Waals surface area (Å²) in [6.07, 6.45) is 2.99. The Morgan fingerprint density at radius 1 is 1.32 bits per heavy atom. The van der Waals surface area contributed by atoms with Gasteiger partial charge in [-0.1, -0.05) is 23.8 Å². The Morgan fingerprint density at radius 3 is 3.00 bits per heavy atom. The van der Waals surface area contributed by atoms with Gasteiger partial charge in [0.1, 0.15) is 0 Å². The number of amides is 1. The number of likely N-dealkylation sites (tertiary alicyclic amines) is 1. The van der Waals surface area contributed by atoms with Crippen molar-refractivity contribution in [1.29, 1.82) is 0 Å². The van der Waals surface area contributed by atoms with Crippen molar-refractivity contribution >= 4 is 18.3 Å². The third-order valence-corrected chi connectivity index (χ3v) is 5.32. The predicted molar refractivity (Wildman–Crippen MR) is 100 cm³/mol. The van der Waals surface area contributed by atoms with Crippen LogP contribution < -0.4 is 5.32 Å². The Morgan fingerprint density at radius 2 is 2.16 bits per heavy atom. The Labute approximate surface area is 154 Å². The molecule has 1 amide bonds. The minimum absolute atomic E-state index is 0. The van der Waals surface area contributed by atoms with Crippen molar-refractivity contribution in [2.24, 2.45) is 0 Å². The van der Waals surface area contributed by atoms with Crippen LogP contribution in [0.1, 0.15) is 57.3 Å². The van der Waals surface area contributed by atoms with Crippen molar-refractivity contribution < 1.29 is 4.79 Å². The molecule has 0 aliphatic carbocycles. The van der Waals surface area contributed by atoms with Gasteiger partial charge in [-0.25, -0.2) is 0 Å². The van der Waals surface area contributed by atoms with Crippen LogP contribution in [0.15, 0.2) is 18.2 Å². The molecule has 0 spiro atoms. The summed E-state index contributed by atoms with van der Waals surface area (Å²) in [5.74, 6) is 0.0691. The van der Waals surface area contributed by atoms with E-state index in [1.165, 1.54) is 16.7 Å². The second-order valence-electron chi connectivity index (χ2n) is 6.97. The average molecular weight is 361 g/mol. The van der Waals surface area contributed by atoms with Gasteiger partial charge in [-0.2, -0.15) is 5.10 Å². The highest BCUT2D eigenvalue weighted by molar-refractivity contribution is 5.94. The van der Waals surface area contributed by atoms with E-state index in [0.29, 0.717) is 5.69 Å². The van der Waals surface area contributed by atoms with E-state index in [0.717, 1.165) is 50.2 Å². The number of aryl methyl sites for hydroxylation is 2. The summed E-state index contributed by atoms with van der Waals surface area (Å²) in [6, 6.07) is 6.69. The number of benzene rings is 1. The first kappa shape index (κ1) is 18.0. The van der Waals surface area contributed by atoms with E-state index in [1.807, 2.05) is 4.90 Å². The van der Waals surface area contributed by atoms with Crippen LogP contribution >= 0.6 is 12.4 Å². The Hall–Kier alpha value is -1.85. The molecule has 5 nitrogen and oxygen atoms in total. The fourth-order valence-electron chi connectivity index (χ4n) is 3.99. The highest BCUT2D eigenvalue weighted by Crippen LogP contribution is 2.35. The molecule has 4 rings (SSSR count). The molecule has 1 fully saturated rings. The summed E-state index contributed by atoms with van der Waals surface area (Å²) < 4.78 is 0. The molecule has 1 unspecified atom stereocenters. The Bertz CT molecular complexity index is 786. The van der Waals surface area contributed by atoms with E-state index in [9.17, 15) is 4.79 Å². The van der Waals surface area contributed by atoms with Gasteiger partial charge in [-0.05, 0) is 37.8 Å². The SMILES string of the molecule is Cc1ccc(C)c(C2CCCN2C(=O)c2n[nH]c3c2CNCC3)c1.Cl. The quantitative estimate of drug-likeness (QED) is 0.865. The molecule has 25 heavy (non-hydrogen) atoms. The van der Waals surface area contributed by atoms with Gasteiger partial charge in [-0.3, -0.25) is 9.89 Å². The maximum Gasteiger partial charge on any atom is 0.275 e. The van der Waals surface area contributed by atoms with Gasteiger partial charge in [0, 0.05) is 37.3 Å². The van der Waals surface area contributed by atoms with Gasteiger partial charge in [0.05, 0.1) is 6.04 Å². The normalized spacial score (nSPS) is 19.4. The highest BCUT2D eigenvalue weighted by Gasteiger charge is 2.34. The molecule has 2 N–H and O–H groups in total. The number of carbonyl (C=O) groups excluding carboxylic acids is 1. The lowest BCUT2D eigenvalue weighted by molar-refractivity contribution is 0.0728. The first-order valence-corrected chi connectivity index (χ1v) is 8.80. The van der Waals surface area contributed by atoms with Gasteiger partial charge in [0.15, 0.2) is 5.69 Å². The molecule has 2 aliphatic heterocycles. The zero-order valence-electron chi connectivity index (χ0n) is 14.8. The third kappa shape index (κ3) is 3.18. The average Bonchev–Trinajstić information content (AvgIpc) is 3.23. The maximum atomic E-state index is 13.2. The third-order valence-electron chi connectivity index (χ3n) is 5.32. The second kappa shape index (κ2) is 7.18. The zero-order valence-corrected chi connectivity index (χ0v) is 15.6. The minimum Gasteiger partial charge on any atom is -0.330 e. The Balaban J connectivity index is 0.00000182. The fraction of sp³-hybridized carbons (Fsp3) is 0.474. The molecular formula is C19H25ClN4O. The number of fused-ring (bicyclic) bond motifs is 1. The molecule has 0 radical (unpaired) electrons. The molecule has 134 valence electrons. The first-order chi connectivity index (χ1) is 11.6. The van der Waals surface area contributed by atoms with Crippen LogP contribution in [0.2, 0.25) is 0 Å². The summed E-state index contributed by atoms with van der Waals surface area (Å²) in [5, 5.41) is 10.8. The largest absolute Gasteiger partial charge is 0.330 e. The number of nitrogens with one attached hydrogen (secondary N) is 2. The van der Waals surface area contributed by atoms with Gasteiger partial charge < -0.3 is 10.2 Å². The van der Waals surface area contributed by atoms with Crippen LogP contribution in [0.25, 0.3) is 0 Å². The first-order valence-electron chi connectivity index (χ1n) is 8.80. The number of rotatable bonds is 2. The zero-order chi connectivity index (χ0) is 16.7. The van der Waals surface area contributed by atoms with Gasteiger partial charge in [0.25, 0.3) is 5.91 Å². The van der Waals surface area contributed by atoms with Crippen LogP contribution in [0.5, 0.6) is 0 Å². The number of carbonyl (C=O) groups is 1. The lowest BCUT2D eigenvalue weighted by atomic mass is 9.97. The molecule has 3 heterocycles. The second-order valence-corrected chi connectivity index (χ2v) is 6.97. The lowest BCUT2D eigenvalue weighted by Crippen LogP contribution is -2.33. The number of halogens is 1. The Kier molecular flexibility index (Phi) is 5.16. The summed E-state index contributed by atoms with van der Waals surface area (Å²) in [5.41, 5.74) is 6.56. The van der Waals surface area contributed by atoms with Gasteiger partial charge in [-0.15, -0.1) is 12.4 Å². The van der Waals surface area contributed by atoms with E-state index in [2.05, 4.69) is 47.6 Å². The van der Waals surface area contributed by atoms with Crippen molar-refractivity contribution in [2.45, 2.75) is 45.7 Å². The number of nitrogens with zero attached hydrogens (tertiary/aromatic N) is 2.